The third-order valence-electron chi connectivity index (χ3n) is 5.45. The van der Waals surface area contributed by atoms with E-state index < -0.39 is 0 Å². The second kappa shape index (κ2) is 9.56. The molecular formula is C23H23N5OS3. The van der Waals surface area contributed by atoms with E-state index in [-0.39, 0.29) is 11.7 Å². The van der Waals surface area contributed by atoms with Gasteiger partial charge in [-0.2, -0.15) is 0 Å². The standard InChI is InChI=1S/C23H23N5OS3/c1-27-21(19-12-7-13-30-19)25-26-23(27)31-15-20(29)28(14-16-8-3-2-4-9-16)22-24-17-10-5-6-11-18(17)32-22/h2-4,7-9,12-13H,5-6,10-11,14-15H2,1H3. The van der Waals surface area contributed by atoms with Crippen molar-refractivity contribution in [1.29, 1.82) is 0 Å². The lowest BCUT2D eigenvalue weighted by atomic mass is 10.0. The Morgan fingerprint density at radius 2 is 1.97 bits per heavy atom. The summed E-state index contributed by atoms with van der Waals surface area (Å²) in [5, 5.41) is 12.2. The highest BCUT2D eigenvalue weighted by Gasteiger charge is 2.24. The summed E-state index contributed by atoms with van der Waals surface area (Å²) in [5.74, 6) is 1.14. The molecular weight excluding hydrogens is 458 g/mol. The van der Waals surface area contributed by atoms with Crippen LogP contribution in [0.1, 0.15) is 29.0 Å². The Morgan fingerprint density at radius 1 is 1.12 bits per heavy atom. The Morgan fingerprint density at radius 3 is 2.75 bits per heavy atom. The highest BCUT2D eigenvalue weighted by molar-refractivity contribution is 7.99. The summed E-state index contributed by atoms with van der Waals surface area (Å²) in [5.41, 5.74) is 2.27. The number of benzene rings is 1. The molecule has 1 aliphatic rings. The van der Waals surface area contributed by atoms with Crippen LogP contribution in [0.25, 0.3) is 10.7 Å². The summed E-state index contributed by atoms with van der Waals surface area (Å²) in [4.78, 5) is 22.5. The van der Waals surface area contributed by atoms with Crippen LogP contribution >= 0.6 is 34.4 Å². The Hall–Kier alpha value is -2.49. The Balaban J connectivity index is 1.35. The van der Waals surface area contributed by atoms with E-state index in [1.54, 1.807) is 22.7 Å². The summed E-state index contributed by atoms with van der Waals surface area (Å²) in [6, 6.07) is 14.1. The molecule has 0 fully saturated rings. The van der Waals surface area contributed by atoms with Crippen molar-refractivity contribution < 1.29 is 4.79 Å². The van der Waals surface area contributed by atoms with Crippen LogP contribution in [-0.4, -0.2) is 31.4 Å². The number of aromatic nitrogens is 4. The fraction of sp³-hybridized carbons (Fsp3) is 0.304. The van der Waals surface area contributed by atoms with Crippen molar-refractivity contribution >= 4 is 45.5 Å². The van der Waals surface area contributed by atoms with Gasteiger partial charge in [-0.15, -0.1) is 32.9 Å². The van der Waals surface area contributed by atoms with Crippen molar-refractivity contribution in [3.8, 4) is 10.7 Å². The number of nitrogens with zero attached hydrogens (tertiary/aromatic N) is 5. The Labute approximate surface area is 199 Å². The summed E-state index contributed by atoms with van der Waals surface area (Å²) >= 11 is 4.72. The fourth-order valence-electron chi connectivity index (χ4n) is 3.75. The van der Waals surface area contributed by atoms with E-state index in [1.165, 1.54) is 35.2 Å². The number of thiophene rings is 1. The first kappa shape index (κ1) is 21.4. The summed E-state index contributed by atoms with van der Waals surface area (Å²) in [6.07, 6.45) is 4.46. The van der Waals surface area contributed by atoms with Gasteiger partial charge in [0.1, 0.15) is 0 Å². The molecule has 4 aromatic rings. The van der Waals surface area contributed by atoms with Gasteiger partial charge in [0.25, 0.3) is 0 Å². The van der Waals surface area contributed by atoms with Gasteiger partial charge < -0.3 is 4.57 Å². The molecule has 1 aromatic carbocycles. The van der Waals surface area contributed by atoms with Gasteiger partial charge in [0.05, 0.1) is 22.9 Å². The van der Waals surface area contributed by atoms with Crippen LogP contribution in [0, 0.1) is 0 Å². The van der Waals surface area contributed by atoms with Crippen LogP contribution in [0.2, 0.25) is 0 Å². The maximum Gasteiger partial charge on any atom is 0.239 e. The van der Waals surface area contributed by atoms with Gasteiger partial charge in [0.15, 0.2) is 16.1 Å². The van der Waals surface area contributed by atoms with E-state index in [4.69, 9.17) is 4.98 Å². The van der Waals surface area contributed by atoms with Gasteiger partial charge in [0, 0.05) is 11.9 Å². The van der Waals surface area contributed by atoms with Crippen molar-refractivity contribution in [1.82, 2.24) is 19.7 Å². The molecule has 0 N–H and O–H groups in total. The van der Waals surface area contributed by atoms with Crippen molar-refractivity contribution in [3.63, 3.8) is 0 Å². The number of hydrogen-bond acceptors (Lipinski definition) is 7. The van der Waals surface area contributed by atoms with E-state index in [9.17, 15) is 4.79 Å². The van der Waals surface area contributed by atoms with E-state index in [1.807, 2.05) is 52.2 Å². The van der Waals surface area contributed by atoms with Crippen molar-refractivity contribution in [2.75, 3.05) is 10.7 Å². The maximum absolute atomic E-state index is 13.4. The average molecular weight is 482 g/mol. The lowest BCUT2D eigenvalue weighted by Crippen LogP contribution is -2.32. The van der Waals surface area contributed by atoms with Gasteiger partial charge in [0.2, 0.25) is 5.91 Å². The molecule has 9 heteroatoms. The van der Waals surface area contributed by atoms with Crippen molar-refractivity contribution in [2.45, 2.75) is 37.4 Å². The molecule has 0 unspecified atom stereocenters. The van der Waals surface area contributed by atoms with Gasteiger partial charge in [-0.1, -0.05) is 48.2 Å². The van der Waals surface area contributed by atoms with Gasteiger partial charge in [-0.25, -0.2) is 4.98 Å². The third kappa shape index (κ3) is 4.51. The van der Waals surface area contributed by atoms with E-state index in [2.05, 4.69) is 22.3 Å². The molecule has 3 aromatic heterocycles. The molecule has 6 nitrogen and oxygen atoms in total. The predicted octanol–water partition coefficient (Wildman–Crippen LogP) is 5.20. The van der Waals surface area contributed by atoms with Crippen molar-refractivity contribution in [3.05, 3.63) is 64.0 Å². The van der Waals surface area contributed by atoms with Gasteiger partial charge in [-0.05, 0) is 42.7 Å². The number of anilines is 1. The van der Waals surface area contributed by atoms with Crippen LogP contribution in [0.15, 0.2) is 53.0 Å². The molecule has 0 saturated heterocycles. The maximum atomic E-state index is 13.4. The van der Waals surface area contributed by atoms with Crippen molar-refractivity contribution in [2.24, 2.45) is 7.05 Å². The molecule has 0 radical (unpaired) electrons. The average Bonchev–Trinajstić information content (AvgIpc) is 3.56. The molecule has 1 amide bonds. The number of amides is 1. The molecule has 0 saturated carbocycles. The topological polar surface area (TPSA) is 63.9 Å². The first-order valence-corrected chi connectivity index (χ1v) is 13.3. The predicted molar refractivity (Wildman–Crippen MR) is 131 cm³/mol. The number of aryl methyl sites for hydroxylation is 2. The SMILES string of the molecule is Cn1c(SCC(=O)N(Cc2ccccc2)c2nc3c(s2)CCCC3)nnc1-c1cccs1. The summed E-state index contributed by atoms with van der Waals surface area (Å²) < 4.78 is 1.95. The van der Waals surface area contributed by atoms with Crippen LogP contribution < -0.4 is 4.90 Å². The van der Waals surface area contributed by atoms with Crippen LogP contribution in [0.3, 0.4) is 0 Å². The number of thioether (sulfide) groups is 1. The number of hydrogen-bond donors (Lipinski definition) is 0. The van der Waals surface area contributed by atoms with Gasteiger partial charge in [-0.3, -0.25) is 9.69 Å². The molecule has 0 spiro atoms. The number of carbonyl (C=O) groups excluding carboxylic acids is 1. The zero-order valence-electron chi connectivity index (χ0n) is 17.7. The molecule has 0 bridgehead atoms. The second-order valence-corrected chi connectivity index (χ2v) is 10.6. The lowest BCUT2D eigenvalue weighted by molar-refractivity contribution is -0.116. The zero-order valence-corrected chi connectivity index (χ0v) is 20.2. The Kier molecular flexibility index (Phi) is 6.38. The minimum atomic E-state index is 0.0330. The number of thiazole rings is 1. The first-order chi connectivity index (χ1) is 15.7. The highest BCUT2D eigenvalue weighted by Crippen LogP contribution is 2.33. The molecule has 32 heavy (non-hydrogen) atoms. The largest absolute Gasteiger partial charge is 0.304 e. The summed E-state index contributed by atoms with van der Waals surface area (Å²) in [6.45, 7) is 0.520. The minimum Gasteiger partial charge on any atom is -0.304 e. The highest BCUT2D eigenvalue weighted by atomic mass is 32.2. The quantitative estimate of drug-likeness (QED) is 0.339. The third-order valence-corrected chi connectivity index (χ3v) is 8.50. The Bertz CT molecular complexity index is 1180. The molecule has 0 aliphatic heterocycles. The van der Waals surface area contributed by atoms with E-state index >= 15 is 0 Å². The summed E-state index contributed by atoms with van der Waals surface area (Å²) in [7, 11) is 1.94. The smallest absolute Gasteiger partial charge is 0.239 e. The molecule has 3 heterocycles. The molecule has 164 valence electrons. The van der Waals surface area contributed by atoms with E-state index in [0.29, 0.717) is 6.54 Å². The fourth-order valence-corrected chi connectivity index (χ4v) is 6.44. The monoisotopic (exact) mass is 481 g/mol. The van der Waals surface area contributed by atoms with Gasteiger partial charge >= 0.3 is 0 Å². The minimum absolute atomic E-state index is 0.0330. The molecule has 0 atom stereocenters. The normalized spacial score (nSPS) is 13.2. The second-order valence-electron chi connectivity index (χ2n) is 7.67. The first-order valence-electron chi connectivity index (χ1n) is 10.6. The van der Waals surface area contributed by atoms with Crippen LogP contribution in [0.4, 0.5) is 5.13 Å². The lowest BCUT2D eigenvalue weighted by Gasteiger charge is -2.20. The van der Waals surface area contributed by atoms with Crippen LogP contribution in [0.5, 0.6) is 0 Å². The molecule has 5 rings (SSSR count). The number of fused-ring (bicyclic) bond motifs is 1. The zero-order chi connectivity index (χ0) is 21.9. The van der Waals surface area contributed by atoms with E-state index in [0.717, 1.165) is 39.4 Å². The van der Waals surface area contributed by atoms with Crippen LogP contribution in [-0.2, 0) is 31.2 Å². The number of rotatable bonds is 7. The number of carbonyl (C=O) groups is 1. The molecule has 1 aliphatic carbocycles.